The van der Waals surface area contributed by atoms with Crippen LogP contribution in [0.2, 0.25) is 0 Å². The summed E-state index contributed by atoms with van der Waals surface area (Å²) in [5.74, 6) is 0.960. The molecule has 1 aromatic carbocycles. The monoisotopic (exact) mass is 235 g/mol. The highest BCUT2D eigenvalue weighted by Gasteiger charge is 2.12. The van der Waals surface area contributed by atoms with Gasteiger partial charge in [0.2, 0.25) is 0 Å². The van der Waals surface area contributed by atoms with Crippen LogP contribution in [0.5, 0.6) is 5.75 Å². The standard InChI is InChI=1S/C15H25NO/c1-5-7-14-8-10-15(11-9-14)17-13(4)12(3)16-6-2/h8-13,16H,5-7H2,1-4H3. The van der Waals surface area contributed by atoms with E-state index in [0.29, 0.717) is 6.04 Å². The largest absolute Gasteiger partial charge is 0.489 e. The fourth-order valence-corrected chi connectivity index (χ4v) is 1.83. The van der Waals surface area contributed by atoms with Crippen LogP contribution < -0.4 is 10.1 Å². The molecule has 17 heavy (non-hydrogen) atoms. The van der Waals surface area contributed by atoms with Crippen LogP contribution in [0.3, 0.4) is 0 Å². The van der Waals surface area contributed by atoms with Crippen molar-refractivity contribution >= 4 is 0 Å². The van der Waals surface area contributed by atoms with E-state index in [4.69, 9.17) is 4.74 Å². The van der Waals surface area contributed by atoms with Crippen molar-refractivity contribution in [3.05, 3.63) is 29.8 Å². The van der Waals surface area contributed by atoms with E-state index in [2.05, 4.69) is 57.3 Å². The van der Waals surface area contributed by atoms with E-state index in [-0.39, 0.29) is 6.10 Å². The minimum absolute atomic E-state index is 0.187. The third-order valence-electron chi connectivity index (χ3n) is 3.01. The van der Waals surface area contributed by atoms with Crippen LogP contribution in [-0.2, 0) is 6.42 Å². The van der Waals surface area contributed by atoms with Gasteiger partial charge in [0, 0.05) is 6.04 Å². The normalized spacial score (nSPS) is 14.4. The molecule has 0 bridgehead atoms. The van der Waals surface area contributed by atoms with Gasteiger partial charge in [-0.25, -0.2) is 0 Å². The van der Waals surface area contributed by atoms with E-state index in [1.165, 1.54) is 12.0 Å². The van der Waals surface area contributed by atoms with Crippen LogP contribution in [0.15, 0.2) is 24.3 Å². The lowest BCUT2D eigenvalue weighted by atomic mass is 10.1. The second kappa shape index (κ2) is 7.33. The lowest BCUT2D eigenvalue weighted by Crippen LogP contribution is -2.38. The fourth-order valence-electron chi connectivity index (χ4n) is 1.83. The SMILES string of the molecule is CCCc1ccc(OC(C)C(C)NCC)cc1. The first-order valence-corrected chi connectivity index (χ1v) is 6.66. The molecule has 0 spiro atoms. The minimum atomic E-state index is 0.187. The molecule has 1 N–H and O–H groups in total. The van der Waals surface area contributed by atoms with E-state index in [9.17, 15) is 0 Å². The summed E-state index contributed by atoms with van der Waals surface area (Å²) < 4.78 is 5.90. The topological polar surface area (TPSA) is 21.3 Å². The third kappa shape index (κ3) is 4.78. The van der Waals surface area contributed by atoms with Gasteiger partial charge in [-0.1, -0.05) is 32.4 Å². The van der Waals surface area contributed by atoms with Crippen LogP contribution in [-0.4, -0.2) is 18.7 Å². The molecule has 0 radical (unpaired) electrons. The summed E-state index contributed by atoms with van der Waals surface area (Å²) >= 11 is 0. The van der Waals surface area contributed by atoms with Crippen molar-refractivity contribution in [3.8, 4) is 5.75 Å². The zero-order valence-electron chi connectivity index (χ0n) is 11.5. The van der Waals surface area contributed by atoms with Crippen molar-refractivity contribution in [2.45, 2.75) is 52.7 Å². The number of ether oxygens (including phenoxy) is 1. The molecule has 1 rings (SSSR count). The number of likely N-dealkylation sites (N-methyl/N-ethyl adjacent to an activating group) is 1. The molecule has 0 aromatic heterocycles. The molecule has 2 nitrogen and oxygen atoms in total. The highest BCUT2D eigenvalue weighted by Crippen LogP contribution is 2.15. The molecule has 0 saturated heterocycles. The summed E-state index contributed by atoms with van der Waals surface area (Å²) in [4.78, 5) is 0. The van der Waals surface area contributed by atoms with Gasteiger partial charge in [0.25, 0.3) is 0 Å². The lowest BCUT2D eigenvalue weighted by molar-refractivity contribution is 0.179. The molecule has 2 atom stereocenters. The summed E-state index contributed by atoms with van der Waals surface area (Å²) in [5.41, 5.74) is 1.38. The quantitative estimate of drug-likeness (QED) is 0.782. The highest BCUT2D eigenvalue weighted by atomic mass is 16.5. The van der Waals surface area contributed by atoms with Gasteiger partial charge in [-0.15, -0.1) is 0 Å². The van der Waals surface area contributed by atoms with E-state index in [1.807, 2.05) is 0 Å². The Hall–Kier alpha value is -1.02. The molecule has 0 aliphatic rings. The molecule has 0 saturated carbocycles. The van der Waals surface area contributed by atoms with Crippen molar-refractivity contribution in [1.82, 2.24) is 5.32 Å². The Kier molecular flexibility index (Phi) is 6.06. The number of nitrogens with one attached hydrogen (secondary N) is 1. The molecule has 1 aromatic rings. The van der Waals surface area contributed by atoms with Crippen molar-refractivity contribution in [2.24, 2.45) is 0 Å². The number of aryl methyl sites for hydroxylation is 1. The average molecular weight is 235 g/mol. The summed E-state index contributed by atoms with van der Waals surface area (Å²) in [5, 5.41) is 3.37. The Morgan fingerprint density at radius 3 is 2.29 bits per heavy atom. The number of rotatable bonds is 7. The molecule has 0 aliphatic heterocycles. The minimum Gasteiger partial charge on any atom is -0.489 e. The van der Waals surface area contributed by atoms with Crippen molar-refractivity contribution in [1.29, 1.82) is 0 Å². The first kappa shape index (κ1) is 14.0. The Balaban J connectivity index is 2.50. The predicted octanol–water partition coefficient (Wildman–Crippen LogP) is 3.40. The summed E-state index contributed by atoms with van der Waals surface area (Å²) in [6.45, 7) is 9.55. The molecule has 0 amide bonds. The first-order valence-electron chi connectivity index (χ1n) is 6.66. The third-order valence-corrected chi connectivity index (χ3v) is 3.01. The van der Waals surface area contributed by atoms with Gasteiger partial charge in [-0.2, -0.15) is 0 Å². The van der Waals surface area contributed by atoms with Gasteiger partial charge in [-0.3, -0.25) is 0 Å². The van der Waals surface area contributed by atoms with Crippen LogP contribution in [0.4, 0.5) is 0 Å². The van der Waals surface area contributed by atoms with Crippen molar-refractivity contribution in [3.63, 3.8) is 0 Å². The van der Waals surface area contributed by atoms with Crippen molar-refractivity contribution in [2.75, 3.05) is 6.54 Å². The van der Waals surface area contributed by atoms with Crippen LogP contribution >= 0.6 is 0 Å². The molecule has 0 fully saturated rings. The molecule has 96 valence electrons. The van der Waals surface area contributed by atoms with Crippen LogP contribution in [0, 0.1) is 0 Å². The molecular weight excluding hydrogens is 210 g/mol. The molecule has 2 unspecified atom stereocenters. The van der Waals surface area contributed by atoms with Gasteiger partial charge in [0.15, 0.2) is 0 Å². The van der Waals surface area contributed by atoms with Crippen LogP contribution in [0.25, 0.3) is 0 Å². The summed E-state index contributed by atoms with van der Waals surface area (Å²) in [6.07, 6.45) is 2.52. The Morgan fingerprint density at radius 1 is 1.12 bits per heavy atom. The molecule has 2 heteroatoms. The maximum atomic E-state index is 5.90. The number of hydrogen-bond donors (Lipinski definition) is 1. The second-order valence-corrected chi connectivity index (χ2v) is 4.56. The predicted molar refractivity (Wildman–Crippen MR) is 73.7 cm³/mol. The average Bonchev–Trinajstić information content (AvgIpc) is 2.32. The van der Waals surface area contributed by atoms with E-state index in [1.54, 1.807) is 0 Å². The van der Waals surface area contributed by atoms with Gasteiger partial charge < -0.3 is 10.1 Å². The highest BCUT2D eigenvalue weighted by molar-refractivity contribution is 5.27. The Bertz CT molecular complexity index is 307. The van der Waals surface area contributed by atoms with Gasteiger partial charge in [0.1, 0.15) is 11.9 Å². The number of benzene rings is 1. The Morgan fingerprint density at radius 2 is 1.76 bits per heavy atom. The maximum Gasteiger partial charge on any atom is 0.119 e. The van der Waals surface area contributed by atoms with Gasteiger partial charge in [-0.05, 0) is 44.5 Å². The number of hydrogen-bond acceptors (Lipinski definition) is 2. The van der Waals surface area contributed by atoms with E-state index >= 15 is 0 Å². The van der Waals surface area contributed by atoms with Crippen LogP contribution in [0.1, 0.15) is 39.7 Å². The smallest absolute Gasteiger partial charge is 0.119 e. The van der Waals surface area contributed by atoms with E-state index < -0.39 is 0 Å². The van der Waals surface area contributed by atoms with Gasteiger partial charge >= 0.3 is 0 Å². The first-order chi connectivity index (χ1) is 8.17. The maximum absolute atomic E-state index is 5.90. The molecular formula is C15H25NO. The van der Waals surface area contributed by atoms with E-state index in [0.717, 1.165) is 18.7 Å². The van der Waals surface area contributed by atoms with Crippen molar-refractivity contribution < 1.29 is 4.74 Å². The second-order valence-electron chi connectivity index (χ2n) is 4.56. The lowest BCUT2D eigenvalue weighted by Gasteiger charge is -2.22. The zero-order chi connectivity index (χ0) is 12.7. The molecule has 0 aliphatic carbocycles. The summed E-state index contributed by atoms with van der Waals surface area (Å²) in [6, 6.07) is 8.82. The fraction of sp³-hybridized carbons (Fsp3) is 0.600. The van der Waals surface area contributed by atoms with Gasteiger partial charge in [0.05, 0.1) is 0 Å². The summed E-state index contributed by atoms with van der Waals surface area (Å²) in [7, 11) is 0. The molecule has 0 heterocycles. The zero-order valence-corrected chi connectivity index (χ0v) is 11.5. The Labute approximate surface area is 105 Å².